The molecule has 0 aromatic rings. The molecule has 0 nitrogen and oxygen atoms in total. The lowest BCUT2D eigenvalue weighted by Gasteiger charge is -2.21. The van der Waals surface area contributed by atoms with Crippen molar-refractivity contribution >= 4 is 0 Å². The van der Waals surface area contributed by atoms with Gasteiger partial charge in [0.25, 0.3) is 0 Å². The minimum Gasteiger partial charge on any atom is -0.0654 e. The van der Waals surface area contributed by atoms with Crippen LogP contribution in [0.2, 0.25) is 0 Å². The molecule has 16 heavy (non-hydrogen) atoms. The Morgan fingerprint density at radius 2 is 1.19 bits per heavy atom. The molecule has 2 atom stereocenters. The third kappa shape index (κ3) is 7.30. The fraction of sp³-hybridized carbons (Fsp3) is 1.00. The van der Waals surface area contributed by atoms with Crippen molar-refractivity contribution in [2.45, 2.75) is 86.0 Å². The lowest BCUT2D eigenvalue weighted by atomic mass is 9.85. The molecule has 0 saturated heterocycles. The van der Waals surface area contributed by atoms with E-state index in [9.17, 15) is 0 Å². The minimum absolute atomic E-state index is 0.941. The van der Waals surface area contributed by atoms with E-state index in [1.807, 2.05) is 0 Å². The molecule has 98 valence electrons. The first-order valence-corrected chi connectivity index (χ1v) is 7.67. The summed E-state index contributed by atoms with van der Waals surface area (Å²) < 4.78 is 0. The van der Waals surface area contributed by atoms with E-state index in [1.54, 1.807) is 0 Å². The Morgan fingerprint density at radius 1 is 0.688 bits per heavy atom. The van der Waals surface area contributed by atoms with Gasteiger partial charge in [0.15, 0.2) is 0 Å². The largest absolute Gasteiger partial charge is 0.0654 e. The van der Waals surface area contributed by atoms with Gasteiger partial charge in [0.2, 0.25) is 0 Å². The van der Waals surface area contributed by atoms with Crippen LogP contribution in [0.25, 0.3) is 0 Å². The maximum atomic E-state index is 2.43. The van der Waals surface area contributed by atoms with Gasteiger partial charge in [-0.25, -0.2) is 0 Å². The highest BCUT2D eigenvalue weighted by atomic mass is 14.2. The maximum Gasteiger partial charge on any atom is -0.0414 e. The Balaban J connectivity index is 3.81. The van der Waals surface area contributed by atoms with E-state index in [2.05, 4.69) is 34.6 Å². The number of rotatable bonds is 10. The van der Waals surface area contributed by atoms with Crippen molar-refractivity contribution in [2.75, 3.05) is 0 Å². The van der Waals surface area contributed by atoms with Crippen LogP contribution in [0.4, 0.5) is 0 Å². The highest BCUT2D eigenvalue weighted by Crippen LogP contribution is 2.26. The Labute approximate surface area is 104 Å². The van der Waals surface area contributed by atoms with Crippen LogP contribution in [0, 0.1) is 17.8 Å². The van der Waals surface area contributed by atoms with Gasteiger partial charge in [0, 0.05) is 0 Å². The third-order valence-corrected chi connectivity index (χ3v) is 4.23. The van der Waals surface area contributed by atoms with Crippen molar-refractivity contribution in [2.24, 2.45) is 17.8 Å². The van der Waals surface area contributed by atoms with Crippen LogP contribution in [-0.4, -0.2) is 0 Å². The number of hydrogen-bond donors (Lipinski definition) is 0. The molecule has 0 aromatic carbocycles. The van der Waals surface area contributed by atoms with E-state index in [0.717, 1.165) is 17.8 Å². The van der Waals surface area contributed by atoms with E-state index >= 15 is 0 Å². The molecule has 0 aliphatic heterocycles. The summed E-state index contributed by atoms with van der Waals surface area (Å²) in [4.78, 5) is 0. The first-order valence-electron chi connectivity index (χ1n) is 7.67. The second-order valence-corrected chi connectivity index (χ2v) is 5.66. The van der Waals surface area contributed by atoms with E-state index < -0.39 is 0 Å². The van der Waals surface area contributed by atoms with Crippen molar-refractivity contribution in [3.05, 3.63) is 0 Å². The molecule has 0 spiro atoms. The molecule has 0 aliphatic carbocycles. The van der Waals surface area contributed by atoms with Gasteiger partial charge in [0.05, 0.1) is 0 Å². The molecule has 0 bridgehead atoms. The van der Waals surface area contributed by atoms with Crippen LogP contribution in [0.15, 0.2) is 0 Å². The average Bonchev–Trinajstić information content (AvgIpc) is 2.29. The smallest absolute Gasteiger partial charge is 0.0414 e. The van der Waals surface area contributed by atoms with E-state index in [4.69, 9.17) is 0 Å². The molecule has 0 rings (SSSR count). The van der Waals surface area contributed by atoms with Crippen LogP contribution in [0.3, 0.4) is 0 Å². The van der Waals surface area contributed by atoms with E-state index in [-0.39, 0.29) is 0 Å². The molecule has 0 amide bonds. The van der Waals surface area contributed by atoms with Crippen LogP contribution in [-0.2, 0) is 0 Å². The van der Waals surface area contributed by atoms with Crippen molar-refractivity contribution < 1.29 is 0 Å². The summed E-state index contributed by atoms with van der Waals surface area (Å²) in [5.74, 6) is 2.91. The quantitative estimate of drug-likeness (QED) is 0.425. The highest BCUT2D eigenvalue weighted by molar-refractivity contribution is 4.65. The Bertz CT molecular complexity index is 135. The van der Waals surface area contributed by atoms with Gasteiger partial charge in [-0.15, -0.1) is 0 Å². The zero-order valence-corrected chi connectivity index (χ0v) is 12.4. The summed E-state index contributed by atoms with van der Waals surface area (Å²) in [6, 6.07) is 0. The Kier molecular flexibility index (Phi) is 10.2. The fourth-order valence-corrected chi connectivity index (χ4v) is 2.84. The van der Waals surface area contributed by atoms with Gasteiger partial charge in [-0.3, -0.25) is 0 Å². The first-order chi connectivity index (χ1) is 7.67. The summed E-state index contributed by atoms with van der Waals surface area (Å²) in [6.07, 6.45) is 11.3. The lowest BCUT2D eigenvalue weighted by molar-refractivity contribution is 0.309. The Morgan fingerprint density at radius 3 is 1.62 bits per heavy atom. The van der Waals surface area contributed by atoms with Gasteiger partial charge >= 0.3 is 0 Å². The molecule has 0 N–H and O–H groups in total. The highest BCUT2D eigenvalue weighted by Gasteiger charge is 2.13. The molecular formula is C16H34. The molecule has 0 heteroatoms. The van der Waals surface area contributed by atoms with Gasteiger partial charge in [0.1, 0.15) is 0 Å². The molecule has 0 aliphatic rings. The fourth-order valence-electron chi connectivity index (χ4n) is 2.84. The second kappa shape index (κ2) is 10.2. The topological polar surface area (TPSA) is 0 Å². The maximum absolute atomic E-state index is 2.43. The average molecular weight is 226 g/mol. The Hall–Kier alpha value is 0. The zero-order valence-electron chi connectivity index (χ0n) is 12.4. The lowest BCUT2D eigenvalue weighted by Crippen LogP contribution is -2.08. The first kappa shape index (κ1) is 16.0. The monoisotopic (exact) mass is 226 g/mol. The number of hydrogen-bond acceptors (Lipinski definition) is 0. The predicted molar refractivity (Wildman–Crippen MR) is 75.8 cm³/mol. The molecule has 0 fully saturated rings. The minimum atomic E-state index is 0.941. The summed E-state index contributed by atoms with van der Waals surface area (Å²) in [7, 11) is 0. The van der Waals surface area contributed by atoms with E-state index in [1.165, 1.54) is 51.4 Å². The van der Waals surface area contributed by atoms with Crippen LogP contribution in [0.5, 0.6) is 0 Å². The molecule has 0 saturated carbocycles. The summed E-state index contributed by atoms with van der Waals surface area (Å²) >= 11 is 0. The van der Waals surface area contributed by atoms with Crippen molar-refractivity contribution in [1.29, 1.82) is 0 Å². The predicted octanol–water partition coefficient (Wildman–Crippen LogP) is 6.06. The normalized spacial score (nSPS) is 15.4. The molecule has 0 aromatic heterocycles. The summed E-state index contributed by atoms with van der Waals surface area (Å²) in [6.45, 7) is 11.8. The van der Waals surface area contributed by atoms with Gasteiger partial charge < -0.3 is 0 Å². The van der Waals surface area contributed by atoms with Crippen LogP contribution < -0.4 is 0 Å². The standard InChI is InChI=1S/C16H34/c1-6-10-14(5)13-16(9-4)12-11-15(7-2)8-3/h14-16H,6-13H2,1-5H3. The van der Waals surface area contributed by atoms with Gasteiger partial charge in [-0.2, -0.15) is 0 Å². The van der Waals surface area contributed by atoms with Crippen molar-refractivity contribution in [3.8, 4) is 0 Å². The summed E-state index contributed by atoms with van der Waals surface area (Å²) in [5, 5.41) is 0. The molecule has 0 radical (unpaired) electrons. The van der Waals surface area contributed by atoms with Crippen LogP contribution >= 0.6 is 0 Å². The zero-order chi connectivity index (χ0) is 12.4. The van der Waals surface area contributed by atoms with E-state index in [0.29, 0.717) is 0 Å². The second-order valence-electron chi connectivity index (χ2n) is 5.66. The van der Waals surface area contributed by atoms with Crippen molar-refractivity contribution in [3.63, 3.8) is 0 Å². The van der Waals surface area contributed by atoms with Gasteiger partial charge in [-0.05, 0) is 24.2 Å². The molecular weight excluding hydrogens is 192 g/mol. The molecule has 2 unspecified atom stereocenters. The van der Waals surface area contributed by atoms with Crippen molar-refractivity contribution in [1.82, 2.24) is 0 Å². The van der Waals surface area contributed by atoms with Gasteiger partial charge in [-0.1, -0.05) is 79.6 Å². The summed E-state index contributed by atoms with van der Waals surface area (Å²) in [5.41, 5.74) is 0. The SMILES string of the molecule is CCCC(C)CC(CC)CCC(CC)CC. The molecule has 0 heterocycles. The van der Waals surface area contributed by atoms with Crippen LogP contribution in [0.1, 0.15) is 86.0 Å². The third-order valence-electron chi connectivity index (χ3n) is 4.23.